The number of hydrogen-bond donors (Lipinski definition) is 0. The van der Waals surface area contributed by atoms with Crippen molar-refractivity contribution in [1.29, 1.82) is 0 Å². The Bertz CT molecular complexity index is 849. The van der Waals surface area contributed by atoms with Gasteiger partial charge >= 0.3 is 37.6 Å². The summed E-state index contributed by atoms with van der Waals surface area (Å²) in [6.45, 7) is 6.39. The predicted octanol–water partition coefficient (Wildman–Crippen LogP) is 1.33. The third-order valence-electron chi connectivity index (χ3n) is 4.09. The largest absolute Gasteiger partial charge is 1.00 e. The second-order valence-corrected chi connectivity index (χ2v) is 8.29. The SMILES string of the molecule is CCCCC1=[C-]CC=C1.C[C](C)=[Ti+2].[Cl-].[Cl-].c1ccc2c(c1)[cH-]c1ccccc12. The minimum atomic E-state index is 0. The number of allylic oxidation sites excluding steroid dienone is 4. The smallest absolute Gasteiger partial charge is 0.0771 e. The molecule has 3 heteroatoms. The van der Waals surface area contributed by atoms with Gasteiger partial charge in [-0.2, -0.15) is 6.08 Å². The quantitative estimate of drug-likeness (QED) is 0.420. The molecule has 0 aliphatic heterocycles. The van der Waals surface area contributed by atoms with Crippen molar-refractivity contribution in [3.8, 4) is 0 Å². The van der Waals surface area contributed by atoms with Crippen LogP contribution in [0.3, 0.4) is 0 Å². The van der Waals surface area contributed by atoms with Gasteiger partial charge in [0.25, 0.3) is 0 Å². The summed E-state index contributed by atoms with van der Waals surface area (Å²) in [6, 6.07) is 19.3. The molecule has 0 amide bonds. The van der Waals surface area contributed by atoms with E-state index < -0.39 is 0 Å². The van der Waals surface area contributed by atoms with Crippen LogP contribution >= 0.6 is 0 Å². The number of fused-ring (bicyclic) bond motifs is 3. The first kappa shape index (κ1) is 27.0. The zero-order chi connectivity index (χ0) is 18.8. The molecular formula is C25H28Cl2Ti-2. The normalized spacial score (nSPS) is 11.4. The van der Waals surface area contributed by atoms with Gasteiger partial charge < -0.3 is 24.8 Å². The number of unbranched alkanes of at least 4 members (excludes halogenated alkanes) is 1. The fraction of sp³-hybridized carbons (Fsp3) is 0.280. The van der Waals surface area contributed by atoms with E-state index in [0.29, 0.717) is 0 Å². The molecule has 148 valence electrons. The van der Waals surface area contributed by atoms with E-state index in [1.807, 2.05) is 0 Å². The minimum absolute atomic E-state index is 0. The standard InChI is InChI=1S/C13H9.C9H13.C3H6.2ClH.Ti/c1-3-7-12-10(5-1)9-11-6-2-4-8-13(11)12;1-2-3-6-9-7-4-5-8-9;1-3-2;;;/h1-9H;4,7H,2-3,5-6H2,1H3;1-2H3;2*1H;/q2*-1;;;;+2/p-2. The Hall–Kier alpha value is -1.05. The molecule has 3 aromatic carbocycles. The van der Waals surface area contributed by atoms with E-state index in [1.165, 1.54) is 50.2 Å². The van der Waals surface area contributed by atoms with Gasteiger partial charge in [-0.1, -0.05) is 62.6 Å². The second-order valence-electron chi connectivity index (χ2n) is 6.73. The maximum atomic E-state index is 3.30. The van der Waals surface area contributed by atoms with Crippen LogP contribution in [0.4, 0.5) is 0 Å². The monoisotopic (exact) mass is 446 g/mol. The molecule has 0 aromatic heterocycles. The number of benzene rings is 2. The molecule has 0 nitrogen and oxygen atoms in total. The van der Waals surface area contributed by atoms with Gasteiger partial charge in [0, 0.05) is 0 Å². The van der Waals surface area contributed by atoms with E-state index in [4.69, 9.17) is 0 Å². The summed E-state index contributed by atoms with van der Waals surface area (Å²) in [6.07, 6.45) is 12.5. The van der Waals surface area contributed by atoms with Gasteiger partial charge in [-0.25, -0.2) is 11.6 Å². The molecule has 0 saturated heterocycles. The number of hydrogen-bond acceptors (Lipinski definition) is 0. The zero-order valence-electron chi connectivity index (χ0n) is 16.9. The summed E-state index contributed by atoms with van der Waals surface area (Å²) in [4.78, 5) is 0. The Morgan fingerprint density at radius 3 is 1.89 bits per heavy atom. The van der Waals surface area contributed by atoms with E-state index in [0.717, 1.165) is 6.42 Å². The molecular weight excluding hydrogens is 419 g/mol. The van der Waals surface area contributed by atoms with Crippen molar-refractivity contribution in [1.82, 2.24) is 0 Å². The molecule has 0 spiro atoms. The van der Waals surface area contributed by atoms with Gasteiger partial charge in [0.15, 0.2) is 0 Å². The van der Waals surface area contributed by atoms with Crippen LogP contribution in [0.25, 0.3) is 21.5 Å². The van der Waals surface area contributed by atoms with Gasteiger partial charge in [-0.05, 0) is 0 Å². The van der Waals surface area contributed by atoms with E-state index in [1.54, 1.807) is 0 Å². The molecule has 0 unspecified atom stereocenters. The van der Waals surface area contributed by atoms with Crippen LogP contribution in [0.15, 0.2) is 72.3 Å². The molecule has 0 N–H and O–H groups in total. The van der Waals surface area contributed by atoms with Crippen molar-refractivity contribution in [2.24, 2.45) is 0 Å². The maximum Gasteiger partial charge on any atom is -0.0771 e. The average molecular weight is 447 g/mol. The van der Waals surface area contributed by atoms with Gasteiger partial charge in [-0.15, -0.1) is 46.2 Å². The molecule has 0 bridgehead atoms. The van der Waals surface area contributed by atoms with Crippen LogP contribution in [0.1, 0.15) is 46.5 Å². The van der Waals surface area contributed by atoms with Gasteiger partial charge in [0.1, 0.15) is 0 Å². The minimum Gasteiger partial charge on any atom is -1.00 e. The van der Waals surface area contributed by atoms with Crippen LogP contribution in [0, 0.1) is 6.08 Å². The van der Waals surface area contributed by atoms with Crippen LogP contribution in [-0.4, -0.2) is 3.81 Å². The van der Waals surface area contributed by atoms with E-state index in [-0.39, 0.29) is 24.8 Å². The van der Waals surface area contributed by atoms with E-state index >= 15 is 0 Å². The van der Waals surface area contributed by atoms with Crippen molar-refractivity contribution in [2.75, 3.05) is 0 Å². The summed E-state index contributed by atoms with van der Waals surface area (Å²) in [5.74, 6) is 0. The van der Waals surface area contributed by atoms with Crippen LogP contribution < -0.4 is 24.8 Å². The first-order valence-electron chi connectivity index (χ1n) is 9.43. The first-order valence-corrected chi connectivity index (χ1v) is 10.2. The Balaban J connectivity index is 0.000000432. The fourth-order valence-corrected chi connectivity index (χ4v) is 2.89. The Morgan fingerprint density at radius 1 is 0.964 bits per heavy atom. The summed E-state index contributed by atoms with van der Waals surface area (Å²) < 4.78 is 1.42. The van der Waals surface area contributed by atoms with Crippen molar-refractivity contribution < 1.29 is 44.8 Å². The Kier molecular flexibility index (Phi) is 14.3. The molecule has 0 heterocycles. The first-order chi connectivity index (χ1) is 12.6. The third-order valence-corrected chi connectivity index (χ3v) is 4.09. The molecule has 1 aliphatic carbocycles. The molecule has 0 radical (unpaired) electrons. The van der Waals surface area contributed by atoms with E-state index in [9.17, 15) is 0 Å². The predicted molar refractivity (Wildman–Crippen MR) is 113 cm³/mol. The molecule has 0 fully saturated rings. The molecule has 0 atom stereocenters. The summed E-state index contributed by atoms with van der Waals surface area (Å²) in [5, 5.41) is 5.39. The van der Waals surface area contributed by atoms with Crippen molar-refractivity contribution in [3.63, 3.8) is 0 Å². The molecule has 4 rings (SSSR count). The van der Waals surface area contributed by atoms with Crippen molar-refractivity contribution in [3.05, 3.63) is 78.4 Å². The molecule has 28 heavy (non-hydrogen) atoms. The Labute approximate surface area is 194 Å². The maximum absolute atomic E-state index is 3.30. The van der Waals surface area contributed by atoms with Gasteiger partial charge in [0.2, 0.25) is 0 Å². The zero-order valence-corrected chi connectivity index (χ0v) is 20.0. The van der Waals surface area contributed by atoms with Gasteiger partial charge in [-0.3, -0.25) is 6.08 Å². The Morgan fingerprint density at radius 2 is 1.46 bits per heavy atom. The third kappa shape index (κ3) is 8.97. The number of rotatable bonds is 3. The summed E-state index contributed by atoms with van der Waals surface area (Å²) in [5.41, 5.74) is 1.41. The topological polar surface area (TPSA) is 0 Å². The molecule has 1 aliphatic rings. The van der Waals surface area contributed by atoms with Gasteiger partial charge in [0.05, 0.1) is 0 Å². The fourth-order valence-electron chi connectivity index (χ4n) is 2.89. The van der Waals surface area contributed by atoms with Crippen LogP contribution in [0.2, 0.25) is 0 Å². The van der Waals surface area contributed by atoms with E-state index in [2.05, 4.69) is 114 Å². The second kappa shape index (κ2) is 14.9. The van der Waals surface area contributed by atoms with Crippen molar-refractivity contribution >= 4 is 25.4 Å². The van der Waals surface area contributed by atoms with Crippen LogP contribution in [0.5, 0.6) is 0 Å². The molecule has 3 aromatic rings. The average Bonchev–Trinajstić information content (AvgIpc) is 3.27. The van der Waals surface area contributed by atoms with Crippen LogP contribution in [-0.2, 0) is 20.0 Å². The summed E-state index contributed by atoms with van der Waals surface area (Å²) in [7, 11) is 0. The summed E-state index contributed by atoms with van der Waals surface area (Å²) >= 11 is 2.08. The van der Waals surface area contributed by atoms with Crippen molar-refractivity contribution in [2.45, 2.75) is 46.5 Å². The number of halogens is 2. The molecule has 0 saturated carbocycles.